The molecule has 0 bridgehead atoms. The number of carbonyl (C=O) groups is 1. The first-order valence-electron chi connectivity index (χ1n) is 9.88. The number of guanidine groups is 1. The Balaban J connectivity index is 1.35. The number of piperazine rings is 1. The van der Waals surface area contributed by atoms with Gasteiger partial charge in [-0.05, 0) is 12.8 Å². The lowest BCUT2D eigenvalue weighted by atomic mass is 9.88. The van der Waals surface area contributed by atoms with E-state index >= 15 is 0 Å². The number of hydrogen-bond donors (Lipinski definition) is 1. The molecule has 142 valence electrons. The topological polar surface area (TPSA) is 65.2 Å². The van der Waals surface area contributed by atoms with E-state index in [-0.39, 0.29) is 0 Å². The Bertz CT molecular complexity index is 452. The number of rotatable bonds is 4. The van der Waals surface area contributed by atoms with Crippen LogP contribution in [0.25, 0.3) is 0 Å². The third kappa shape index (κ3) is 5.51. The predicted octanol–water partition coefficient (Wildman–Crippen LogP) is 1.07. The molecular weight excluding hydrogens is 334 g/mol. The van der Waals surface area contributed by atoms with Gasteiger partial charge >= 0.3 is 0 Å². The van der Waals surface area contributed by atoms with Gasteiger partial charge in [-0.25, -0.2) is 0 Å². The van der Waals surface area contributed by atoms with Crippen LogP contribution < -0.4 is 5.73 Å². The summed E-state index contributed by atoms with van der Waals surface area (Å²) < 4.78 is 0. The number of nitrogens with zero attached hydrogens (tertiary/aromatic N) is 4. The summed E-state index contributed by atoms with van der Waals surface area (Å²) in [6.45, 7) is 7.41. The van der Waals surface area contributed by atoms with Crippen LogP contribution in [-0.2, 0) is 4.79 Å². The molecule has 2 saturated heterocycles. The highest BCUT2D eigenvalue weighted by Gasteiger charge is 2.28. The van der Waals surface area contributed by atoms with Crippen LogP contribution in [0.3, 0.4) is 0 Å². The number of thioether (sulfide) groups is 1. The SMILES string of the molecule is NC(=NCCN1CCN(C(=O)C2CCCCC2)CC1)N1CCSCC1. The van der Waals surface area contributed by atoms with E-state index in [2.05, 4.69) is 19.7 Å². The summed E-state index contributed by atoms with van der Waals surface area (Å²) >= 11 is 1.98. The first-order valence-corrected chi connectivity index (χ1v) is 11.0. The van der Waals surface area contributed by atoms with Gasteiger partial charge in [-0.2, -0.15) is 11.8 Å². The van der Waals surface area contributed by atoms with Gasteiger partial charge < -0.3 is 15.5 Å². The molecule has 3 rings (SSSR count). The largest absolute Gasteiger partial charge is 0.370 e. The fourth-order valence-electron chi connectivity index (χ4n) is 4.00. The standard InChI is InChI=1S/C18H33N5OS/c19-18(23-12-14-25-15-13-23)20-6-7-21-8-10-22(11-9-21)17(24)16-4-2-1-3-5-16/h16H,1-15H2,(H2,19,20). The minimum Gasteiger partial charge on any atom is -0.370 e. The van der Waals surface area contributed by atoms with Gasteiger partial charge in [0, 0.05) is 63.2 Å². The molecule has 1 amide bonds. The monoisotopic (exact) mass is 367 g/mol. The number of nitrogens with two attached hydrogens (primary N) is 1. The molecular formula is C18H33N5OS. The summed E-state index contributed by atoms with van der Waals surface area (Å²) in [5, 5.41) is 0. The minimum atomic E-state index is 0.299. The molecule has 0 radical (unpaired) electrons. The van der Waals surface area contributed by atoms with E-state index in [4.69, 9.17) is 5.73 Å². The van der Waals surface area contributed by atoms with Crippen LogP contribution in [-0.4, -0.2) is 90.4 Å². The van der Waals surface area contributed by atoms with Gasteiger partial charge in [0.05, 0.1) is 6.54 Å². The summed E-state index contributed by atoms with van der Waals surface area (Å²) in [7, 11) is 0. The van der Waals surface area contributed by atoms with Crippen molar-refractivity contribution in [1.29, 1.82) is 0 Å². The van der Waals surface area contributed by atoms with Gasteiger partial charge in [0.2, 0.25) is 5.91 Å². The third-order valence-corrected chi connectivity index (χ3v) is 6.61. The molecule has 7 heteroatoms. The Morgan fingerprint density at radius 3 is 2.32 bits per heavy atom. The molecule has 0 aromatic carbocycles. The van der Waals surface area contributed by atoms with Gasteiger partial charge in [0.25, 0.3) is 0 Å². The molecule has 2 N–H and O–H groups in total. The van der Waals surface area contributed by atoms with Gasteiger partial charge in [0.15, 0.2) is 5.96 Å². The van der Waals surface area contributed by atoms with E-state index in [1.165, 1.54) is 19.3 Å². The second kappa shape index (κ2) is 9.67. The van der Waals surface area contributed by atoms with Crippen molar-refractivity contribution in [1.82, 2.24) is 14.7 Å². The van der Waals surface area contributed by atoms with Crippen molar-refractivity contribution in [2.75, 3.05) is 63.9 Å². The van der Waals surface area contributed by atoms with Gasteiger partial charge in [-0.3, -0.25) is 14.7 Å². The zero-order valence-electron chi connectivity index (χ0n) is 15.4. The van der Waals surface area contributed by atoms with Crippen molar-refractivity contribution in [2.24, 2.45) is 16.6 Å². The molecule has 0 atom stereocenters. The van der Waals surface area contributed by atoms with Crippen LogP contribution >= 0.6 is 11.8 Å². The lowest BCUT2D eigenvalue weighted by molar-refractivity contribution is -0.138. The summed E-state index contributed by atoms with van der Waals surface area (Å²) in [5.41, 5.74) is 6.10. The molecule has 25 heavy (non-hydrogen) atoms. The predicted molar refractivity (Wildman–Crippen MR) is 105 cm³/mol. The molecule has 3 fully saturated rings. The molecule has 2 heterocycles. The fourth-order valence-corrected chi connectivity index (χ4v) is 4.90. The van der Waals surface area contributed by atoms with Crippen LogP contribution in [0.2, 0.25) is 0 Å². The van der Waals surface area contributed by atoms with Crippen molar-refractivity contribution in [2.45, 2.75) is 32.1 Å². The van der Waals surface area contributed by atoms with Gasteiger partial charge in [-0.15, -0.1) is 0 Å². The number of carbonyl (C=O) groups excluding carboxylic acids is 1. The van der Waals surface area contributed by atoms with Crippen molar-refractivity contribution in [3.05, 3.63) is 0 Å². The highest BCUT2D eigenvalue weighted by molar-refractivity contribution is 7.99. The molecule has 1 saturated carbocycles. The summed E-state index contributed by atoms with van der Waals surface area (Å²) in [4.78, 5) is 23.9. The lowest BCUT2D eigenvalue weighted by Crippen LogP contribution is -2.51. The molecule has 0 spiro atoms. The Hall–Kier alpha value is -0.950. The first-order chi connectivity index (χ1) is 12.2. The summed E-state index contributed by atoms with van der Waals surface area (Å²) in [5.74, 6) is 3.70. The van der Waals surface area contributed by atoms with Crippen molar-refractivity contribution in [3.8, 4) is 0 Å². The average Bonchev–Trinajstić information content (AvgIpc) is 2.69. The Labute approximate surface area is 156 Å². The molecule has 0 unspecified atom stereocenters. The maximum atomic E-state index is 12.6. The molecule has 0 aromatic rings. The average molecular weight is 368 g/mol. The molecule has 2 aliphatic heterocycles. The number of hydrogen-bond acceptors (Lipinski definition) is 4. The Morgan fingerprint density at radius 1 is 0.960 bits per heavy atom. The Morgan fingerprint density at radius 2 is 1.64 bits per heavy atom. The quantitative estimate of drug-likeness (QED) is 0.595. The van der Waals surface area contributed by atoms with Crippen LogP contribution in [0, 0.1) is 5.92 Å². The molecule has 0 aromatic heterocycles. The summed E-state index contributed by atoms with van der Waals surface area (Å²) in [6.07, 6.45) is 5.96. The van der Waals surface area contributed by atoms with Crippen molar-refractivity contribution in [3.63, 3.8) is 0 Å². The van der Waals surface area contributed by atoms with E-state index in [1.807, 2.05) is 11.8 Å². The van der Waals surface area contributed by atoms with E-state index in [1.54, 1.807) is 0 Å². The fraction of sp³-hybridized carbons (Fsp3) is 0.889. The second-order valence-electron chi connectivity index (χ2n) is 7.34. The van der Waals surface area contributed by atoms with E-state index in [0.717, 1.165) is 76.7 Å². The van der Waals surface area contributed by atoms with Crippen LogP contribution in [0.1, 0.15) is 32.1 Å². The zero-order chi connectivity index (χ0) is 17.5. The highest BCUT2D eigenvalue weighted by Crippen LogP contribution is 2.25. The van der Waals surface area contributed by atoms with Gasteiger partial charge in [0.1, 0.15) is 0 Å². The first kappa shape index (κ1) is 18.8. The second-order valence-corrected chi connectivity index (χ2v) is 8.57. The van der Waals surface area contributed by atoms with Crippen LogP contribution in [0.15, 0.2) is 4.99 Å². The third-order valence-electron chi connectivity index (χ3n) is 5.66. The molecule has 3 aliphatic rings. The minimum absolute atomic E-state index is 0.299. The Kier molecular flexibility index (Phi) is 7.28. The smallest absolute Gasteiger partial charge is 0.225 e. The van der Waals surface area contributed by atoms with Gasteiger partial charge in [-0.1, -0.05) is 19.3 Å². The normalized spacial score (nSPS) is 24.6. The van der Waals surface area contributed by atoms with Crippen LogP contribution in [0.5, 0.6) is 0 Å². The maximum Gasteiger partial charge on any atom is 0.225 e. The number of aliphatic imine (C=N–C) groups is 1. The zero-order valence-corrected chi connectivity index (χ0v) is 16.2. The summed E-state index contributed by atoms with van der Waals surface area (Å²) in [6, 6.07) is 0. The molecule has 1 aliphatic carbocycles. The van der Waals surface area contributed by atoms with E-state index in [0.29, 0.717) is 17.8 Å². The van der Waals surface area contributed by atoms with E-state index < -0.39 is 0 Å². The van der Waals surface area contributed by atoms with Crippen molar-refractivity contribution >= 4 is 23.6 Å². The van der Waals surface area contributed by atoms with E-state index in [9.17, 15) is 4.79 Å². The van der Waals surface area contributed by atoms with Crippen LogP contribution in [0.4, 0.5) is 0 Å². The molecule has 6 nitrogen and oxygen atoms in total. The highest BCUT2D eigenvalue weighted by atomic mass is 32.2. The maximum absolute atomic E-state index is 12.6. The van der Waals surface area contributed by atoms with Crippen molar-refractivity contribution < 1.29 is 4.79 Å². The lowest BCUT2D eigenvalue weighted by Gasteiger charge is -2.37. The number of amides is 1.